The third kappa shape index (κ3) is 3.94. The number of benzene rings is 2. The molecule has 0 bridgehead atoms. The topological polar surface area (TPSA) is 79.4 Å². The molecule has 1 aliphatic heterocycles. The lowest BCUT2D eigenvalue weighted by Crippen LogP contribution is -2.35. The van der Waals surface area contributed by atoms with Crippen LogP contribution < -0.4 is 5.32 Å². The van der Waals surface area contributed by atoms with E-state index in [2.05, 4.69) is 10.3 Å². The number of amides is 1. The van der Waals surface area contributed by atoms with E-state index >= 15 is 0 Å². The highest BCUT2D eigenvalue weighted by atomic mass is 32.2. The van der Waals surface area contributed by atoms with Crippen molar-refractivity contribution in [3.8, 4) is 0 Å². The van der Waals surface area contributed by atoms with Gasteiger partial charge in [-0.1, -0.05) is 24.6 Å². The summed E-state index contributed by atoms with van der Waals surface area (Å²) in [5.74, 6) is -0.310. The molecule has 0 radical (unpaired) electrons. The van der Waals surface area contributed by atoms with Crippen molar-refractivity contribution in [2.24, 2.45) is 0 Å². The minimum absolute atomic E-state index is 0.169. The van der Waals surface area contributed by atoms with E-state index < -0.39 is 10.0 Å². The maximum absolute atomic E-state index is 12.8. The SMILES string of the molecule is O=C(NCc1nc2ccccc2s1)c1cccc(S(=O)(=O)N2CCCCC2)c1. The molecule has 1 amide bonds. The number of hydrogen-bond acceptors (Lipinski definition) is 5. The second-order valence-corrected chi connectivity index (χ2v) is 9.80. The standard InChI is InChI=1S/C20H21N3O3S2/c24-20(21-14-19-22-17-9-2-3-10-18(17)27-19)15-7-6-8-16(13-15)28(25,26)23-11-4-1-5-12-23/h2-3,6-10,13H,1,4-5,11-12,14H2,(H,21,24). The van der Waals surface area contributed by atoms with Gasteiger partial charge >= 0.3 is 0 Å². The molecule has 2 aromatic carbocycles. The highest BCUT2D eigenvalue weighted by Crippen LogP contribution is 2.23. The van der Waals surface area contributed by atoms with Crippen LogP contribution >= 0.6 is 11.3 Å². The molecule has 1 aliphatic rings. The lowest BCUT2D eigenvalue weighted by Gasteiger charge is -2.26. The summed E-state index contributed by atoms with van der Waals surface area (Å²) in [7, 11) is -3.56. The molecule has 1 N–H and O–H groups in total. The van der Waals surface area contributed by atoms with Crippen LogP contribution in [0.2, 0.25) is 0 Å². The number of piperidine rings is 1. The molecular formula is C20H21N3O3S2. The van der Waals surface area contributed by atoms with Gasteiger partial charge in [-0.15, -0.1) is 11.3 Å². The molecule has 0 spiro atoms. The molecule has 28 heavy (non-hydrogen) atoms. The molecule has 0 saturated carbocycles. The molecule has 6 nitrogen and oxygen atoms in total. The minimum atomic E-state index is -3.56. The van der Waals surface area contributed by atoms with Gasteiger partial charge in [0.05, 0.1) is 21.7 Å². The van der Waals surface area contributed by atoms with Crippen LogP contribution in [0.15, 0.2) is 53.4 Å². The average Bonchev–Trinajstić information content (AvgIpc) is 3.16. The number of nitrogens with zero attached hydrogens (tertiary/aromatic N) is 2. The lowest BCUT2D eigenvalue weighted by atomic mass is 10.2. The fourth-order valence-electron chi connectivity index (χ4n) is 3.31. The molecule has 0 unspecified atom stereocenters. The molecule has 0 aliphatic carbocycles. The van der Waals surface area contributed by atoms with Gasteiger partial charge in [0.15, 0.2) is 0 Å². The number of rotatable bonds is 5. The largest absolute Gasteiger partial charge is 0.346 e. The predicted molar refractivity (Wildman–Crippen MR) is 110 cm³/mol. The van der Waals surface area contributed by atoms with E-state index in [1.54, 1.807) is 18.2 Å². The van der Waals surface area contributed by atoms with Crippen LogP contribution in [0.1, 0.15) is 34.6 Å². The van der Waals surface area contributed by atoms with Crippen LogP contribution in [-0.4, -0.2) is 36.7 Å². The summed E-state index contributed by atoms with van der Waals surface area (Å²) in [6, 6.07) is 14.1. The van der Waals surface area contributed by atoms with E-state index in [9.17, 15) is 13.2 Å². The third-order valence-corrected chi connectivity index (χ3v) is 7.72. The van der Waals surface area contributed by atoms with Crippen molar-refractivity contribution in [3.05, 3.63) is 59.1 Å². The van der Waals surface area contributed by atoms with Crippen LogP contribution in [0, 0.1) is 0 Å². The van der Waals surface area contributed by atoms with Gasteiger partial charge in [-0.2, -0.15) is 4.31 Å². The Bertz CT molecular complexity index is 1070. The summed E-state index contributed by atoms with van der Waals surface area (Å²) < 4.78 is 28.2. The third-order valence-electron chi connectivity index (χ3n) is 4.79. The Morgan fingerprint density at radius 2 is 1.86 bits per heavy atom. The summed E-state index contributed by atoms with van der Waals surface area (Å²) in [5, 5.41) is 3.65. The van der Waals surface area contributed by atoms with Crippen molar-refractivity contribution >= 4 is 37.5 Å². The van der Waals surface area contributed by atoms with Crippen LogP contribution in [0.3, 0.4) is 0 Å². The van der Waals surface area contributed by atoms with Gasteiger partial charge in [-0.3, -0.25) is 4.79 Å². The minimum Gasteiger partial charge on any atom is -0.346 e. The summed E-state index contributed by atoms with van der Waals surface area (Å²) in [6.07, 6.45) is 2.81. The smallest absolute Gasteiger partial charge is 0.251 e. The van der Waals surface area contributed by atoms with Gasteiger partial charge in [0.2, 0.25) is 10.0 Å². The van der Waals surface area contributed by atoms with E-state index in [1.165, 1.54) is 21.7 Å². The second-order valence-electron chi connectivity index (χ2n) is 6.75. The van der Waals surface area contributed by atoms with Gasteiger partial charge in [-0.25, -0.2) is 13.4 Å². The maximum Gasteiger partial charge on any atom is 0.251 e. The molecule has 2 heterocycles. The Hall–Kier alpha value is -2.29. The number of hydrogen-bond donors (Lipinski definition) is 1. The van der Waals surface area contributed by atoms with Gasteiger partial charge in [-0.05, 0) is 43.2 Å². The summed E-state index contributed by atoms with van der Waals surface area (Å²) in [6.45, 7) is 1.38. The monoisotopic (exact) mass is 415 g/mol. The molecule has 1 aromatic heterocycles. The number of aromatic nitrogens is 1. The highest BCUT2D eigenvalue weighted by Gasteiger charge is 2.26. The van der Waals surface area contributed by atoms with Crippen LogP contribution in [0.4, 0.5) is 0 Å². The van der Waals surface area contributed by atoms with E-state index in [0.29, 0.717) is 25.2 Å². The number of thiazole rings is 1. The van der Waals surface area contributed by atoms with Crippen molar-refractivity contribution in [1.29, 1.82) is 0 Å². The molecule has 1 fully saturated rings. The Labute approximate surface area is 168 Å². The number of para-hydroxylation sites is 1. The molecule has 8 heteroatoms. The van der Waals surface area contributed by atoms with Gasteiger partial charge in [0, 0.05) is 18.7 Å². The maximum atomic E-state index is 12.8. The summed E-state index contributed by atoms with van der Waals surface area (Å²) in [4.78, 5) is 17.2. The van der Waals surface area contributed by atoms with E-state index in [4.69, 9.17) is 0 Å². The number of nitrogens with one attached hydrogen (secondary N) is 1. The number of carbonyl (C=O) groups is 1. The normalized spacial score (nSPS) is 15.6. The average molecular weight is 416 g/mol. The van der Waals surface area contributed by atoms with Crippen LogP contribution in [-0.2, 0) is 16.6 Å². The zero-order valence-corrected chi connectivity index (χ0v) is 16.9. The molecular weight excluding hydrogens is 394 g/mol. The van der Waals surface area contributed by atoms with Crippen molar-refractivity contribution in [2.45, 2.75) is 30.7 Å². The molecule has 146 valence electrons. The first kappa shape index (κ1) is 19.0. The van der Waals surface area contributed by atoms with E-state index in [0.717, 1.165) is 34.5 Å². The van der Waals surface area contributed by atoms with Crippen LogP contribution in [0.25, 0.3) is 10.2 Å². The summed E-state index contributed by atoms with van der Waals surface area (Å²) >= 11 is 1.53. The Morgan fingerprint density at radius 3 is 2.64 bits per heavy atom. The molecule has 0 atom stereocenters. The van der Waals surface area contributed by atoms with Gasteiger partial charge < -0.3 is 5.32 Å². The first-order valence-corrected chi connectivity index (χ1v) is 11.5. The molecule has 1 saturated heterocycles. The number of carbonyl (C=O) groups excluding carboxylic acids is 1. The van der Waals surface area contributed by atoms with Crippen molar-refractivity contribution in [3.63, 3.8) is 0 Å². The second kappa shape index (κ2) is 7.98. The van der Waals surface area contributed by atoms with Crippen LogP contribution in [0.5, 0.6) is 0 Å². The first-order valence-electron chi connectivity index (χ1n) is 9.27. The Kier molecular flexibility index (Phi) is 5.43. The van der Waals surface area contributed by atoms with E-state index in [-0.39, 0.29) is 10.8 Å². The molecule has 4 rings (SSSR count). The fourth-order valence-corrected chi connectivity index (χ4v) is 5.78. The first-order chi connectivity index (χ1) is 13.5. The zero-order valence-electron chi connectivity index (χ0n) is 15.3. The van der Waals surface area contributed by atoms with Crippen molar-refractivity contribution in [1.82, 2.24) is 14.6 Å². The quantitative estimate of drug-likeness (QED) is 0.693. The van der Waals surface area contributed by atoms with Gasteiger partial charge in [0.25, 0.3) is 5.91 Å². The lowest BCUT2D eigenvalue weighted by molar-refractivity contribution is 0.0950. The summed E-state index contributed by atoms with van der Waals surface area (Å²) in [5.41, 5.74) is 1.24. The number of sulfonamides is 1. The fraction of sp³-hybridized carbons (Fsp3) is 0.300. The van der Waals surface area contributed by atoms with Crippen molar-refractivity contribution < 1.29 is 13.2 Å². The predicted octanol–water partition coefficient (Wildman–Crippen LogP) is 3.40. The van der Waals surface area contributed by atoms with Crippen molar-refractivity contribution in [2.75, 3.05) is 13.1 Å². The molecule has 3 aromatic rings. The Balaban J connectivity index is 1.48. The Morgan fingerprint density at radius 1 is 1.07 bits per heavy atom. The van der Waals surface area contributed by atoms with Gasteiger partial charge in [0.1, 0.15) is 5.01 Å². The highest BCUT2D eigenvalue weighted by molar-refractivity contribution is 7.89. The van der Waals surface area contributed by atoms with E-state index in [1.807, 2.05) is 24.3 Å². The number of fused-ring (bicyclic) bond motifs is 1. The zero-order chi connectivity index (χ0) is 19.6.